The highest BCUT2D eigenvalue weighted by Crippen LogP contribution is 2.36. The number of aromatic carboxylic acids is 1. The molecular weight excluding hydrogens is 294 g/mol. The Morgan fingerprint density at radius 1 is 1.33 bits per heavy atom. The van der Waals surface area contributed by atoms with Crippen molar-refractivity contribution in [3.8, 4) is 0 Å². The predicted molar refractivity (Wildman–Crippen MR) is 78.9 cm³/mol. The van der Waals surface area contributed by atoms with Crippen LogP contribution in [0.25, 0.3) is 0 Å². The molecule has 0 aromatic heterocycles. The minimum Gasteiger partial charge on any atom is -0.478 e. The van der Waals surface area contributed by atoms with E-state index < -0.39 is 26.8 Å². The lowest BCUT2D eigenvalue weighted by Gasteiger charge is -2.25. The Morgan fingerprint density at radius 2 is 1.95 bits per heavy atom. The van der Waals surface area contributed by atoms with Gasteiger partial charge in [-0.25, -0.2) is 9.59 Å². The third-order valence-corrected chi connectivity index (χ3v) is 5.69. The average Bonchev–Trinajstić information content (AvgIpc) is 2.60. The van der Waals surface area contributed by atoms with Gasteiger partial charge in [0.15, 0.2) is 0 Å². The van der Waals surface area contributed by atoms with Crippen LogP contribution in [0.1, 0.15) is 36.7 Å². The zero-order chi connectivity index (χ0) is 16.0. The van der Waals surface area contributed by atoms with Crippen molar-refractivity contribution in [1.29, 1.82) is 5.41 Å². The van der Waals surface area contributed by atoms with Gasteiger partial charge in [-0.3, -0.25) is 9.62 Å². The first-order chi connectivity index (χ1) is 9.55. The van der Waals surface area contributed by atoms with E-state index >= 15 is 0 Å². The Kier molecular flexibility index (Phi) is 3.49. The van der Waals surface area contributed by atoms with Gasteiger partial charge in [0, 0.05) is 21.2 Å². The Bertz CT molecular complexity index is 702. The number of carboxylic acids is 1. The van der Waals surface area contributed by atoms with Crippen molar-refractivity contribution in [2.45, 2.75) is 37.7 Å². The molecule has 0 unspecified atom stereocenters. The first-order valence-electron chi connectivity index (χ1n) is 6.34. The maximum absolute atomic E-state index is 13.0. The van der Waals surface area contributed by atoms with E-state index in [0.29, 0.717) is 5.56 Å². The number of carbonyl (C=O) groups is 2. The van der Waals surface area contributed by atoms with Gasteiger partial charge in [0.1, 0.15) is 5.60 Å². The highest BCUT2D eigenvalue weighted by Gasteiger charge is 2.42. The van der Waals surface area contributed by atoms with Gasteiger partial charge in [0.2, 0.25) is 0 Å². The molecule has 2 N–H and O–H groups in total. The lowest BCUT2D eigenvalue weighted by molar-refractivity contribution is 0.0694. The van der Waals surface area contributed by atoms with Crippen LogP contribution in [0.4, 0.5) is 4.79 Å². The molecule has 21 heavy (non-hydrogen) atoms. The van der Waals surface area contributed by atoms with E-state index in [0.717, 1.165) is 0 Å². The molecule has 0 spiro atoms. The molecule has 2 rings (SSSR count). The fraction of sp³-hybridized carbons (Fsp3) is 0.357. The van der Waals surface area contributed by atoms with E-state index in [1.165, 1.54) is 18.2 Å². The zero-order valence-electron chi connectivity index (χ0n) is 12.0. The summed E-state index contributed by atoms with van der Waals surface area (Å²) in [6.45, 7) is 4.97. The highest BCUT2D eigenvalue weighted by molar-refractivity contribution is 8.28. The van der Waals surface area contributed by atoms with Crippen molar-refractivity contribution in [3.05, 3.63) is 29.3 Å². The summed E-state index contributed by atoms with van der Waals surface area (Å²) < 4.78 is 18.1. The van der Waals surface area contributed by atoms with Crippen molar-refractivity contribution in [1.82, 2.24) is 0 Å². The Morgan fingerprint density at radius 3 is 2.48 bits per heavy atom. The SMILES string of the molecule is CC(C)(C)OC(=O)[SH]1(=O)C(=N)Cc2cc(C(=O)O)ccc21. The fourth-order valence-electron chi connectivity index (χ4n) is 2.14. The molecule has 0 fully saturated rings. The minimum atomic E-state index is -3.76. The van der Waals surface area contributed by atoms with Crippen molar-refractivity contribution in [2.24, 2.45) is 0 Å². The lowest BCUT2D eigenvalue weighted by Crippen LogP contribution is -2.34. The van der Waals surface area contributed by atoms with Gasteiger partial charge in [0.05, 0.1) is 10.6 Å². The van der Waals surface area contributed by atoms with Crippen molar-refractivity contribution >= 4 is 26.2 Å². The number of benzene rings is 1. The molecule has 0 amide bonds. The second-order valence-electron chi connectivity index (χ2n) is 5.86. The molecule has 7 heteroatoms. The monoisotopic (exact) mass is 311 g/mol. The average molecular weight is 311 g/mol. The van der Waals surface area contributed by atoms with Crippen LogP contribution >= 0.6 is 0 Å². The van der Waals surface area contributed by atoms with E-state index in [2.05, 4.69) is 0 Å². The van der Waals surface area contributed by atoms with E-state index in [1.807, 2.05) is 0 Å². The molecule has 0 atom stereocenters. The summed E-state index contributed by atoms with van der Waals surface area (Å²) in [5.41, 5.74) is -0.327. The molecule has 1 heterocycles. The summed E-state index contributed by atoms with van der Waals surface area (Å²) in [5.74, 6) is -1.11. The van der Waals surface area contributed by atoms with Crippen LogP contribution in [0, 0.1) is 5.41 Å². The van der Waals surface area contributed by atoms with Gasteiger partial charge in [-0.1, -0.05) is 0 Å². The first kappa shape index (κ1) is 15.4. The van der Waals surface area contributed by atoms with Crippen LogP contribution in [0.2, 0.25) is 0 Å². The van der Waals surface area contributed by atoms with Crippen LogP contribution in [0.3, 0.4) is 0 Å². The predicted octanol–water partition coefficient (Wildman–Crippen LogP) is 2.23. The third kappa shape index (κ3) is 2.61. The number of thiol groups is 1. The Hall–Kier alpha value is -2.02. The molecule has 1 aromatic carbocycles. The molecule has 6 nitrogen and oxygen atoms in total. The lowest BCUT2D eigenvalue weighted by atomic mass is 10.1. The summed E-state index contributed by atoms with van der Waals surface area (Å²) in [6.07, 6.45) is 0.00692. The molecule has 0 saturated heterocycles. The van der Waals surface area contributed by atoms with E-state index in [4.69, 9.17) is 15.3 Å². The number of carboxylic acid groups (broad SMARTS) is 1. The van der Waals surface area contributed by atoms with Gasteiger partial charge in [-0.2, -0.15) is 0 Å². The van der Waals surface area contributed by atoms with Crippen molar-refractivity contribution < 1.29 is 23.6 Å². The van der Waals surface area contributed by atoms with E-state index in [1.54, 1.807) is 20.8 Å². The van der Waals surface area contributed by atoms with Crippen LogP contribution < -0.4 is 0 Å². The molecule has 0 radical (unpaired) electrons. The van der Waals surface area contributed by atoms with Crippen LogP contribution in [-0.2, 0) is 21.1 Å². The first-order valence-corrected chi connectivity index (χ1v) is 8.05. The summed E-state index contributed by atoms with van der Waals surface area (Å²) in [5, 5.41) is 15.7. The van der Waals surface area contributed by atoms with Crippen LogP contribution in [0.15, 0.2) is 23.1 Å². The number of nitrogens with one attached hydrogen (secondary N) is 1. The number of ether oxygens (including phenoxy) is 1. The van der Waals surface area contributed by atoms with Crippen LogP contribution in [-0.4, -0.2) is 31.2 Å². The molecule has 1 aliphatic rings. The zero-order valence-corrected chi connectivity index (χ0v) is 12.9. The van der Waals surface area contributed by atoms with Crippen molar-refractivity contribution in [2.75, 3.05) is 0 Å². The topological polar surface area (TPSA) is 105 Å². The molecule has 114 valence electrons. The fourth-order valence-corrected chi connectivity index (χ4v) is 4.48. The number of hydrogen-bond acceptors (Lipinski definition) is 5. The van der Waals surface area contributed by atoms with Gasteiger partial charge in [-0.15, -0.1) is 0 Å². The summed E-state index contributed by atoms with van der Waals surface area (Å²) >= 11 is 0. The third-order valence-electron chi connectivity index (χ3n) is 3.05. The molecule has 1 aliphatic heterocycles. The molecule has 0 aliphatic carbocycles. The van der Waals surface area contributed by atoms with E-state index in [9.17, 15) is 13.8 Å². The number of carbonyl (C=O) groups excluding carboxylic acids is 1. The maximum atomic E-state index is 13.0. The number of fused-ring (bicyclic) bond motifs is 1. The molecule has 0 bridgehead atoms. The molecule has 0 saturated carbocycles. The summed E-state index contributed by atoms with van der Waals surface area (Å²) in [6, 6.07) is 4.00. The van der Waals surface area contributed by atoms with Crippen molar-refractivity contribution in [3.63, 3.8) is 0 Å². The van der Waals surface area contributed by atoms with Gasteiger partial charge < -0.3 is 9.84 Å². The summed E-state index contributed by atoms with van der Waals surface area (Å²) in [4.78, 5) is 23.4. The Labute approximate surface area is 123 Å². The standard InChI is InChI=1S/C14H17NO5S/c1-14(2,3)20-13(18)21(19)10-5-4-8(12(16)17)6-9(10)7-11(21)15/h4-6,15,21H,7H2,1-3H3,(H,16,17). The second kappa shape index (κ2) is 4.77. The van der Waals surface area contributed by atoms with Gasteiger partial charge in [-0.05, 0) is 44.5 Å². The molecular formula is C14H17NO5S. The summed E-state index contributed by atoms with van der Waals surface area (Å²) in [7, 11) is -3.76. The normalized spacial score (nSPS) is 18.0. The smallest absolute Gasteiger partial charge is 0.383 e. The molecule has 1 aromatic rings. The minimum absolute atomic E-state index is 0.00692. The largest absolute Gasteiger partial charge is 0.478 e. The highest BCUT2D eigenvalue weighted by atomic mass is 32.2. The van der Waals surface area contributed by atoms with Gasteiger partial charge >= 0.3 is 11.3 Å². The maximum Gasteiger partial charge on any atom is 0.383 e. The quantitative estimate of drug-likeness (QED) is 0.545. The van der Waals surface area contributed by atoms with E-state index in [-0.39, 0.29) is 21.9 Å². The van der Waals surface area contributed by atoms with Crippen LogP contribution in [0.5, 0.6) is 0 Å². The second-order valence-corrected chi connectivity index (χ2v) is 8.47. The van der Waals surface area contributed by atoms with Gasteiger partial charge in [0.25, 0.3) is 0 Å². The number of hydrogen-bond donors (Lipinski definition) is 3. The number of rotatable bonds is 1. The Balaban J connectivity index is 2.49.